The quantitative estimate of drug-likeness (QED) is 0.285. The van der Waals surface area contributed by atoms with Crippen molar-refractivity contribution in [2.45, 2.75) is 45.4 Å². The van der Waals surface area contributed by atoms with Gasteiger partial charge in [-0.25, -0.2) is 4.79 Å². The SMILES string of the molecule is CC(C)N=C1N(C(C)C)C(=O)C1(OC(=O)c1ccc(Cl)cc1)c1ccc([N+](=O)[O-])cc1. The monoisotopic (exact) mass is 443 g/mol. The van der Waals surface area contributed by atoms with E-state index >= 15 is 0 Å². The number of β-lactam (4-membered cyclic amide) rings is 1. The Balaban J connectivity index is 2.13. The summed E-state index contributed by atoms with van der Waals surface area (Å²) in [4.78, 5) is 42.9. The third kappa shape index (κ3) is 4.03. The van der Waals surface area contributed by atoms with Gasteiger partial charge in [0.25, 0.3) is 17.2 Å². The van der Waals surface area contributed by atoms with E-state index in [0.717, 1.165) is 0 Å². The number of likely N-dealkylation sites (tertiary alicyclic amines) is 1. The summed E-state index contributed by atoms with van der Waals surface area (Å²) in [6.07, 6.45) is 0. The molecule has 1 amide bonds. The van der Waals surface area contributed by atoms with Crippen LogP contribution in [0.3, 0.4) is 0 Å². The molecule has 1 atom stereocenters. The highest BCUT2D eigenvalue weighted by atomic mass is 35.5. The maximum absolute atomic E-state index is 13.4. The van der Waals surface area contributed by atoms with Gasteiger partial charge in [0.05, 0.1) is 10.5 Å². The lowest BCUT2D eigenvalue weighted by Crippen LogP contribution is -2.72. The van der Waals surface area contributed by atoms with Crippen molar-refractivity contribution in [2.24, 2.45) is 4.99 Å². The molecule has 1 saturated heterocycles. The molecule has 8 nitrogen and oxygen atoms in total. The van der Waals surface area contributed by atoms with Crippen molar-refractivity contribution in [3.63, 3.8) is 0 Å². The lowest BCUT2D eigenvalue weighted by atomic mass is 9.81. The molecule has 1 aliphatic rings. The molecule has 0 saturated carbocycles. The Bertz CT molecular complexity index is 1050. The lowest BCUT2D eigenvalue weighted by Gasteiger charge is -2.50. The van der Waals surface area contributed by atoms with Gasteiger partial charge in [-0.2, -0.15) is 0 Å². The standard InChI is InChI=1S/C22H22ClN3O5/c1-13(2)24-20-22(21(28)25(20)14(3)4,16-7-11-18(12-8-16)26(29)30)31-19(27)15-5-9-17(23)10-6-15/h5-14H,1-4H3. The number of ether oxygens (including phenoxy) is 1. The van der Waals surface area contributed by atoms with Crippen LogP contribution in [-0.4, -0.2) is 39.6 Å². The molecule has 0 bridgehead atoms. The molecule has 0 aromatic heterocycles. The summed E-state index contributed by atoms with van der Waals surface area (Å²) in [6, 6.07) is 11.1. The minimum atomic E-state index is -1.79. The maximum atomic E-state index is 13.4. The number of halogens is 1. The minimum absolute atomic E-state index is 0.141. The van der Waals surface area contributed by atoms with Gasteiger partial charge < -0.3 is 4.74 Å². The Morgan fingerprint density at radius 3 is 2.16 bits per heavy atom. The Labute approximate surface area is 184 Å². The number of esters is 1. The van der Waals surface area contributed by atoms with Gasteiger partial charge in [0.1, 0.15) is 0 Å². The first-order chi connectivity index (χ1) is 14.6. The predicted octanol–water partition coefficient (Wildman–Crippen LogP) is 4.36. The van der Waals surface area contributed by atoms with Crippen molar-refractivity contribution in [1.29, 1.82) is 0 Å². The number of hydrogen-bond donors (Lipinski definition) is 0. The summed E-state index contributed by atoms with van der Waals surface area (Å²) < 4.78 is 5.82. The largest absolute Gasteiger partial charge is 0.432 e. The van der Waals surface area contributed by atoms with Gasteiger partial charge >= 0.3 is 5.97 Å². The number of non-ortho nitro benzene ring substituents is 1. The van der Waals surface area contributed by atoms with E-state index in [9.17, 15) is 19.7 Å². The fourth-order valence-corrected chi connectivity index (χ4v) is 3.48. The molecule has 162 valence electrons. The van der Waals surface area contributed by atoms with Gasteiger partial charge in [-0.3, -0.25) is 24.8 Å². The highest BCUT2D eigenvalue weighted by Crippen LogP contribution is 2.42. The topological polar surface area (TPSA) is 102 Å². The molecule has 9 heteroatoms. The summed E-state index contributed by atoms with van der Waals surface area (Å²) in [5.41, 5.74) is -1.43. The summed E-state index contributed by atoms with van der Waals surface area (Å²) in [5, 5.41) is 11.5. The van der Waals surface area contributed by atoms with Crippen LogP contribution in [0.2, 0.25) is 5.02 Å². The molecule has 1 fully saturated rings. The Morgan fingerprint density at radius 1 is 1.10 bits per heavy atom. The Kier molecular flexibility index (Phi) is 6.13. The molecule has 1 aliphatic heterocycles. The molecular weight excluding hydrogens is 422 g/mol. The van der Waals surface area contributed by atoms with Crippen LogP contribution >= 0.6 is 11.6 Å². The first kappa shape index (κ1) is 22.4. The van der Waals surface area contributed by atoms with Crippen molar-refractivity contribution in [3.05, 3.63) is 74.8 Å². The molecule has 2 aromatic carbocycles. The van der Waals surface area contributed by atoms with Crippen LogP contribution < -0.4 is 0 Å². The Morgan fingerprint density at radius 2 is 1.68 bits per heavy atom. The maximum Gasteiger partial charge on any atom is 0.339 e. The van der Waals surface area contributed by atoms with Gasteiger partial charge in [-0.15, -0.1) is 0 Å². The average molecular weight is 444 g/mol. The third-order valence-electron chi connectivity index (χ3n) is 4.77. The number of rotatable bonds is 6. The summed E-state index contributed by atoms with van der Waals surface area (Å²) in [7, 11) is 0. The zero-order valence-corrected chi connectivity index (χ0v) is 18.3. The number of aliphatic imine (C=N–C) groups is 1. The van der Waals surface area contributed by atoms with Crippen molar-refractivity contribution in [1.82, 2.24) is 4.90 Å². The van der Waals surface area contributed by atoms with E-state index in [-0.39, 0.29) is 23.3 Å². The highest BCUT2D eigenvalue weighted by molar-refractivity contribution is 6.30. The number of amides is 1. The summed E-state index contributed by atoms with van der Waals surface area (Å²) in [6.45, 7) is 7.34. The lowest BCUT2D eigenvalue weighted by molar-refractivity contribution is -0.384. The molecule has 1 heterocycles. The van der Waals surface area contributed by atoms with Crippen molar-refractivity contribution >= 4 is 35.0 Å². The van der Waals surface area contributed by atoms with Gasteiger partial charge in [0, 0.05) is 34.8 Å². The Hall–Kier alpha value is -3.26. The van der Waals surface area contributed by atoms with E-state index in [4.69, 9.17) is 16.3 Å². The van der Waals surface area contributed by atoms with E-state index < -0.39 is 22.4 Å². The normalized spacial score (nSPS) is 19.6. The van der Waals surface area contributed by atoms with Crippen LogP contribution in [0.5, 0.6) is 0 Å². The number of nitro groups is 1. The van der Waals surface area contributed by atoms with Crippen LogP contribution in [0, 0.1) is 10.1 Å². The van der Waals surface area contributed by atoms with E-state index in [0.29, 0.717) is 16.4 Å². The molecule has 2 aromatic rings. The molecule has 0 N–H and O–H groups in total. The number of benzene rings is 2. The molecule has 1 unspecified atom stereocenters. The van der Waals surface area contributed by atoms with Crippen LogP contribution in [0.1, 0.15) is 43.6 Å². The number of amidine groups is 1. The fourth-order valence-electron chi connectivity index (χ4n) is 3.36. The van der Waals surface area contributed by atoms with Crippen molar-refractivity contribution in [2.75, 3.05) is 0 Å². The predicted molar refractivity (Wildman–Crippen MR) is 116 cm³/mol. The first-order valence-electron chi connectivity index (χ1n) is 9.73. The van der Waals surface area contributed by atoms with Crippen molar-refractivity contribution in [3.8, 4) is 0 Å². The summed E-state index contributed by atoms with van der Waals surface area (Å²) >= 11 is 5.89. The average Bonchev–Trinajstić information content (AvgIpc) is 2.71. The van der Waals surface area contributed by atoms with Crippen LogP contribution in [0.25, 0.3) is 0 Å². The summed E-state index contributed by atoms with van der Waals surface area (Å²) in [5.74, 6) is -0.903. The molecule has 31 heavy (non-hydrogen) atoms. The molecule has 0 aliphatic carbocycles. The van der Waals surface area contributed by atoms with E-state index in [2.05, 4.69) is 4.99 Å². The number of nitro benzene ring substituents is 1. The van der Waals surface area contributed by atoms with Gasteiger partial charge in [-0.05, 0) is 64.1 Å². The van der Waals surface area contributed by atoms with E-state index in [1.807, 2.05) is 27.7 Å². The fraction of sp³-hybridized carbons (Fsp3) is 0.318. The number of nitrogens with zero attached hydrogens (tertiary/aromatic N) is 3. The van der Waals surface area contributed by atoms with Gasteiger partial charge in [-0.1, -0.05) is 11.6 Å². The van der Waals surface area contributed by atoms with Crippen molar-refractivity contribution < 1.29 is 19.2 Å². The van der Waals surface area contributed by atoms with Crippen LogP contribution in [0.15, 0.2) is 53.5 Å². The van der Waals surface area contributed by atoms with E-state index in [1.54, 1.807) is 12.1 Å². The number of carbonyl (C=O) groups excluding carboxylic acids is 2. The number of hydrogen-bond acceptors (Lipinski definition) is 6. The van der Waals surface area contributed by atoms with Gasteiger partial charge in [0.2, 0.25) is 0 Å². The smallest absolute Gasteiger partial charge is 0.339 e. The zero-order valence-electron chi connectivity index (χ0n) is 17.5. The van der Waals surface area contributed by atoms with E-state index in [1.165, 1.54) is 41.3 Å². The molecular formula is C22H22ClN3O5. The second-order valence-corrected chi connectivity index (χ2v) is 8.13. The molecule has 0 radical (unpaired) electrons. The van der Waals surface area contributed by atoms with Gasteiger partial charge in [0.15, 0.2) is 5.84 Å². The molecule has 3 rings (SSSR count). The first-order valence-corrected chi connectivity index (χ1v) is 10.1. The molecule has 0 spiro atoms. The van der Waals surface area contributed by atoms with Crippen LogP contribution in [0.4, 0.5) is 5.69 Å². The second-order valence-electron chi connectivity index (χ2n) is 7.70. The van der Waals surface area contributed by atoms with Crippen LogP contribution in [-0.2, 0) is 15.1 Å². The second kappa shape index (κ2) is 8.47. The number of carbonyl (C=O) groups is 2. The minimum Gasteiger partial charge on any atom is -0.432 e. The third-order valence-corrected chi connectivity index (χ3v) is 5.02. The highest BCUT2D eigenvalue weighted by Gasteiger charge is 2.64. The zero-order chi connectivity index (χ0) is 22.9.